The minimum absolute atomic E-state index is 0.0282. The minimum Gasteiger partial charge on any atom is -0.352 e. The van der Waals surface area contributed by atoms with Crippen LogP contribution in [0.25, 0.3) is 10.1 Å². The van der Waals surface area contributed by atoms with Crippen molar-refractivity contribution in [1.29, 1.82) is 0 Å². The highest BCUT2D eigenvalue weighted by molar-refractivity contribution is 7.17. The number of hydrogen-bond donors (Lipinski definition) is 1. The van der Waals surface area contributed by atoms with Crippen LogP contribution in [-0.4, -0.2) is 31.4 Å². The Hall–Kier alpha value is -2.24. The molecule has 1 amide bonds. The smallest absolute Gasteiger partial charge is 0.252 e. The lowest BCUT2D eigenvalue weighted by molar-refractivity contribution is 0.0936. The Balaban J connectivity index is 1.33. The highest BCUT2D eigenvalue weighted by Gasteiger charge is 2.30. The summed E-state index contributed by atoms with van der Waals surface area (Å²) in [6, 6.07) is 15.3. The highest BCUT2D eigenvalue weighted by atomic mass is 32.1. The fourth-order valence-electron chi connectivity index (χ4n) is 4.88. The molecule has 1 N–H and O–H groups in total. The van der Waals surface area contributed by atoms with Crippen LogP contribution in [0.4, 0.5) is 4.39 Å². The topological polar surface area (TPSA) is 32.3 Å². The lowest BCUT2D eigenvalue weighted by Crippen LogP contribution is -2.34. The van der Waals surface area contributed by atoms with Crippen LogP contribution in [0.15, 0.2) is 53.9 Å². The van der Waals surface area contributed by atoms with E-state index in [0.717, 1.165) is 53.4 Å². The van der Waals surface area contributed by atoms with Crippen molar-refractivity contribution in [2.45, 2.75) is 31.7 Å². The van der Waals surface area contributed by atoms with Crippen molar-refractivity contribution in [2.75, 3.05) is 20.6 Å². The number of nitrogens with zero attached hydrogens (tertiary/aromatic N) is 1. The maximum Gasteiger partial charge on any atom is 0.252 e. The first-order valence-electron chi connectivity index (χ1n) is 10.7. The average molecular weight is 425 g/mol. The van der Waals surface area contributed by atoms with Crippen molar-refractivity contribution in [3.8, 4) is 0 Å². The summed E-state index contributed by atoms with van der Waals surface area (Å²) in [6.45, 7) is 0.725. The van der Waals surface area contributed by atoms with E-state index in [1.54, 1.807) is 23.5 Å². The monoisotopic (exact) mass is 424 g/mol. The molecular formula is C25H29FN2OS. The van der Waals surface area contributed by atoms with E-state index in [0.29, 0.717) is 11.8 Å². The summed E-state index contributed by atoms with van der Waals surface area (Å²) in [5.74, 6) is 0.872. The van der Waals surface area contributed by atoms with Crippen LogP contribution < -0.4 is 5.32 Å². The molecule has 1 heterocycles. The molecule has 4 rings (SSSR count). The summed E-state index contributed by atoms with van der Waals surface area (Å²) in [4.78, 5) is 14.9. The first kappa shape index (κ1) is 21.0. The summed E-state index contributed by atoms with van der Waals surface area (Å²) in [5, 5.41) is 6.15. The van der Waals surface area contributed by atoms with Gasteiger partial charge in [-0.2, -0.15) is 0 Å². The van der Waals surface area contributed by atoms with E-state index in [9.17, 15) is 9.18 Å². The summed E-state index contributed by atoms with van der Waals surface area (Å²) < 4.78 is 14.9. The number of nitrogens with one attached hydrogen (secondary N) is 1. The van der Waals surface area contributed by atoms with Gasteiger partial charge in [0.15, 0.2) is 0 Å². The second-order valence-electron chi connectivity index (χ2n) is 8.60. The molecule has 0 aliphatic heterocycles. The van der Waals surface area contributed by atoms with Gasteiger partial charge >= 0.3 is 0 Å². The van der Waals surface area contributed by atoms with Crippen LogP contribution in [-0.2, 0) is 0 Å². The summed E-state index contributed by atoms with van der Waals surface area (Å²) in [5.41, 5.74) is 1.84. The van der Waals surface area contributed by atoms with E-state index >= 15 is 0 Å². The van der Waals surface area contributed by atoms with Crippen LogP contribution in [0.3, 0.4) is 0 Å². The number of benzene rings is 2. The fourth-order valence-corrected chi connectivity index (χ4v) is 5.82. The Bertz CT molecular complexity index is 1010. The van der Waals surface area contributed by atoms with Gasteiger partial charge in [-0.05, 0) is 75.4 Å². The molecule has 5 heteroatoms. The predicted molar refractivity (Wildman–Crippen MR) is 122 cm³/mol. The number of amides is 1. The number of rotatable bonds is 6. The number of fused-ring (bicyclic) bond motifs is 1. The van der Waals surface area contributed by atoms with Crippen LogP contribution >= 0.6 is 11.3 Å². The van der Waals surface area contributed by atoms with Gasteiger partial charge in [0, 0.05) is 28.1 Å². The summed E-state index contributed by atoms with van der Waals surface area (Å²) in [6.07, 6.45) is 4.38. The quantitative estimate of drug-likeness (QED) is 0.536. The normalized spacial score (nSPS) is 20.4. The average Bonchev–Trinajstić information content (AvgIpc) is 3.17. The zero-order valence-corrected chi connectivity index (χ0v) is 18.4. The molecule has 0 spiro atoms. The lowest BCUT2D eigenvalue weighted by atomic mass is 9.76. The van der Waals surface area contributed by atoms with E-state index in [4.69, 9.17) is 0 Å². The van der Waals surface area contributed by atoms with Crippen molar-refractivity contribution in [3.05, 3.63) is 70.9 Å². The van der Waals surface area contributed by atoms with Crippen molar-refractivity contribution >= 4 is 27.3 Å². The molecule has 1 fully saturated rings. The molecular weight excluding hydrogens is 395 g/mol. The minimum atomic E-state index is -0.170. The van der Waals surface area contributed by atoms with Gasteiger partial charge in [-0.1, -0.05) is 30.3 Å². The van der Waals surface area contributed by atoms with Crippen LogP contribution in [0.1, 0.15) is 47.6 Å². The Morgan fingerprint density at radius 3 is 2.63 bits per heavy atom. The Kier molecular flexibility index (Phi) is 6.49. The molecule has 1 aliphatic carbocycles. The van der Waals surface area contributed by atoms with E-state index in [1.807, 2.05) is 29.6 Å². The Morgan fingerprint density at radius 1 is 1.13 bits per heavy atom. The molecule has 1 aromatic heterocycles. The van der Waals surface area contributed by atoms with Gasteiger partial charge in [-0.25, -0.2) is 4.39 Å². The Labute approximate surface area is 181 Å². The number of halogens is 1. The molecule has 1 saturated carbocycles. The van der Waals surface area contributed by atoms with Gasteiger partial charge < -0.3 is 10.2 Å². The predicted octanol–water partition coefficient (Wildman–Crippen LogP) is 5.88. The van der Waals surface area contributed by atoms with Crippen molar-refractivity contribution < 1.29 is 9.18 Å². The van der Waals surface area contributed by atoms with E-state index < -0.39 is 0 Å². The molecule has 2 aromatic carbocycles. The molecule has 0 radical (unpaired) electrons. The molecule has 0 bridgehead atoms. The van der Waals surface area contributed by atoms with Gasteiger partial charge in [-0.3, -0.25) is 4.79 Å². The second-order valence-corrected chi connectivity index (χ2v) is 9.51. The SMILES string of the molecule is CN(C)C(c1cccc(F)c1)C1CCC(CNC(=O)c2csc3ccccc23)CC1. The standard InChI is InChI=1S/C25H29FN2OS/c1-28(2)24(19-6-5-7-20(26)14-19)18-12-10-17(11-13-18)15-27-25(29)22-16-30-23-9-4-3-8-21(22)23/h3-9,14,16-18,24H,10-13,15H2,1-2H3,(H,27,29). The number of thiophene rings is 1. The molecule has 1 aliphatic rings. The summed E-state index contributed by atoms with van der Waals surface area (Å²) in [7, 11) is 4.15. The third kappa shape index (κ3) is 4.57. The first-order valence-corrected chi connectivity index (χ1v) is 11.6. The number of carbonyl (C=O) groups excluding carboxylic acids is 1. The van der Waals surface area contributed by atoms with Gasteiger partial charge in [0.1, 0.15) is 5.82 Å². The van der Waals surface area contributed by atoms with E-state index in [-0.39, 0.29) is 17.8 Å². The largest absolute Gasteiger partial charge is 0.352 e. The molecule has 0 saturated heterocycles. The summed E-state index contributed by atoms with van der Waals surface area (Å²) >= 11 is 1.62. The molecule has 1 atom stereocenters. The zero-order chi connectivity index (χ0) is 21.1. The van der Waals surface area contributed by atoms with Gasteiger partial charge in [0.05, 0.1) is 5.56 Å². The molecule has 30 heavy (non-hydrogen) atoms. The zero-order valence-electron chi connectivity index (χ0n) is 17.6. The molecule has 158 valence electrons. The number of hydrogen-bond acceptors (Lipinski definition) is 3. The molecule has 3 aromatic rings. The third-order valence-corrected chi connectivity index (χ3v) is 7.32. The third-order valence-electron chi connectivity index (χ3n) is 6.36. The van der Waals surface area contributed by atoms with Gasteiger partial charge in [0.2, 0.25) is 0 Å². The van der Waals surface area contributed by atoms with Gasteiger partial charge in [-0.15, -0.1) is 11.3 Å². The van der Waals surface area contributed by atoms with Gasteiger partial charge in [0.25, 0.3) is 5.91 Å². The maximum atomic E-state index is 13.8. The fraction of sp³-hybridized carbons (Fsp3) is 0.400. The first-order chi connectivity index (χ1) is 14.5. The highest BCUT2D eigenvalue weighted by Crippen LogP contribution is 2.39. The van der Waals surface area contributed by atoms with Crippen molar-refractivity contribution in [3.63, 3.8) is 0 Å². The van der Waals surface area contributed by atoms with Crippen molar-refractivity contribution in [2.24, 2.45) is 11.8 Å². The van der Waals surface area contributed by atoms with Crippen molar-refractivity contribution in [1.82, 2.24) is 10.2 Å². The Morgan fingerprint density at radius 2 is 1.90 bits per heavy atom. The van der Waals surface area contributed by atoms with Crippen LogP contribution in [0, 0.1) is 17.7 Å². The maximum absolute atomic E-state index is 13.8. The van der Waals surface area contributed by atoms with Crippen LogP contribution in [0.2, 0.25) is 0 Å². The van der Waals surface area contributed by atoms with E-state index in [2.05, 4.69) is 30.4 Å². The van der Waals surface area contributed by atoms with Crippen LogP contribution in [0.5, 0.6) is 0 Å². The second kappa shape index (κ2) is 9.27. The number of carbonyl (C=O) groups is 1. The molecule has 1 unspecified atom stereocenters. The van der Waals surface area contributed by atoms with E-state index in [1.165, 1.54) is 6.07 Å². The molecule has 3 nitrogen and oxygen atoms in total. The lowest BCUT2D eigenvalue weighted by Gasteiger charge is -2.37.